The van der Waals surface area contributed by atoms with Gasteiger partial charge in [-0.1, -0.05) is 17.7 Å². The highest BCUT2D eigenvalue weighted by Gasteiger charge is 2.11. The molecule has 98 valence electrons. The van der Waals surface area contributed by atoms with Gasteiger partial charge in [0, 0.05) is 10.7 Å². The molecular weight excluding hydrogens is 264 g/mol. The Bertz CT molecular complexity index is 614. The molecular formula is C14H13ClN2O2. The molecule has 0 saturated heterocycles. The highest BCUT2D eigenvalue weighted by atomic mass is 35.5. The van der Waals surface area contributed by atoms with Crippen LogP contribution < -0.4 is 5.32 Å². The zero-order chi connectivity index (χ0) is 13.8. The van der Waals surface area contributed by atoms with Gasteiger partial charge in [-0.3, -0.25) is 9.78 Å². The quantitative estimate of drug-likeness (QED) is 0.906. The lowest BCUT2D eigenvalue weighted by atomic mass is 10.2. The van der Waals surface area contributed by atoms with Crippen LogP contribution in [-0.4, -0.2) is 16.0 Å². The Morgan fingerprint density at radius 3 is 2.84 bits per heavy atom. The number of carbonyl (C=O) groups is 1. The fourth-order valence-corrected chi connectivity index (χ4v) is 1.83. The number of aryl methyl sites for hydroxylation is 1. The second-order valence-electron chi connectivity index (χ2n) is 4.11. The van der Waals surface area contributed by atoms with Gasteiger partial charge in [-0.25, -0.2) is 0 Å². The van der Waals surface area contributed by atoms with Gasteiger partial charge in [0.05, 0.1) is 17.8 Å². The molecule has 0 atom stereocenters. The van der Waals surface area contributed by atoms with E-state index in [2.05, 4.69) is 10.3 Å². The lowest BCUT2D eigenvalue weighted by Crippen LogP contribution is -2.23. The maximum absolute atomic E-state index is 11.9. The fourth-order valence-electron chi connectivity index (χ4n) is 1.66. The first kappa shape index (κ1) is 13.4. The predicted molar refractivity (Wildman–Crippen MR) is 73.3 cm³/mol. The molecule has 0 fully saturated rings. The summed E-state index contributed by atoms with van der Waals surface area (Å²) >= 11 is 5.71. The number of pyridine rings is 1. The summed E-state index contributed by atoms with van der Waals surface area (Å²) in [6, 6.07) is 9.97. The minimum Gasteiger partial charge on any atom is -0.507 e. The molecule has 0 bridgehead atoms. The second kappa shape index (κ2) is 5.71. The van der Waals surface area contributed by atoms with E-state index in [1.165, 1.54) is 12.1 Å². The van der Waals surface area contributed by atoms with E-state index in [9.17, 15) is 9.90 Å². The summed E-state index contributed by atoms with van der Waals surface area (Å²) in [6.45, 7) is 2.19. The number of phenols is 1. The van der Waals surface area contributed by atoms with Crippen molar-refractivity contribution in [3.63, 3.8) is 0 Å². The molecule has 5 heteroatoms. The number of halogens is 1. The summed E-state index contributed by atoms with van der Waals surface area (Å²) in [4.78, 5) is 16.2. The molecule has 4 nitrogen and oxygen atoms in total. The summed E-state index contributed by atoms with van der Waals surface area (Å²) in [7, 11) is 0. The normalized spacial score (nSPS) is 10.2. The minimum atomic E-state index is -0.363. The average molecular weight is 277 g/mol. The van der Waals surface area contributed by atoms with Crippen LogP contribution in [-0.2, 0) is 6.54 Å². The first-order valence-electron chi connectivity index (χ1n) is 5.75. The Hall–Kier alpha value is -2.07. The molecule has 2 aromatic rings. The number of carbonyl (C=O) groups excluding carboxylic acids is 1. The Kier molecular flexibility index (Phi) is 4.02. The standard InChI is InChI=1S/C14H13ClN2O2/c1-9-3-2-4-11(17-9)8-16-14(19)12-6-5-10(15)7-13(12)18/h2-7,18H,8H2,1H3,(H,16,19). The van der Waals surface area contributed by atoms with Gasteiger partial charge in [0.1, 0.15) is 5.75 Å². The number of aromatic nitrogens is 1. The largest absolute Gasteiger partial charge is 0.507 e. The van der Waals surface area contributed by atoms with E-state index in [0.717, 1.165) is 11.4 Å². The Balaban J connectivity index is 2.05. The zero-order valence-electron chi connectivity index (χ0n) is 10.4. The fraction of sp³-hybridized carbons (Fsp3) is 0.143. The van der Waals surface area contributed by atoms with Crippen LogP contribution in [0.4, 0.5) is 0 Å². The molecule has 0 saturated carbocycles. The predicted octanol–water partition coefficient (Wildman–Crippen LogP) is 2.68. The average Bonchev–Trinajstić information content (AvgIpc) is 2.36. The van der Waals surface area contributed by atoms with Crippen LogP contribution in [0.1, 0.15) is 21.7 Å². The lowest BCUT2D eigenvalue weighted by molar-refractivity contribution is 0.0947. The molecule has 1 heterocycles. The lowest BCUT2D eigenvalue weighted by Gasteiger charge is -2.07. The van der Waals surface area contributed by atoms with Crippen LogP contribution in [0, 0.1) is 6.92 Å². The topological polar surface area (TPSA) is 62.2 Å². The Morgan fingerprint density at radius 2 is 2.16 bits per heavy atom. The van der Waals surface area contributed by atoms with Crippen molar-refractivity contribution in [3.05, 3.63) is 58.4 Å². The van der Waals surface area contributed by atoms with Crippen LogP contribution in [0.3, 0.4) is 0 Å². The molecule has 1 aromatic heterocycles. The first-order chi connectivity index (χ1) is 9.06. The smallest absolute Gasteiger partial charge is 0.255 e. The molecule has 19 heavy (non-hydrogen) atoms. The summed E-state index contributed by atoms with van der Waals surface area (Å²) in [5.41, 5.74) is 1.85. The number of nitrogens with one attached hydrogen (secondary N) is 1. The van der Waals surface area contributed by atoms with Gasteiger partial charge in [-0.05, 0) is 37.3 Å². The van der Waals surface area contributed by atoms with E-state index in [0.29, 0.717) is 11.6 Å². The zero-order valence-corrected chi connectivity index (χ0v) is 11.1. The van der Waals surface area contributed by atoms with Gasteiger partial charge in [0.15, 0.2) is 0 Å². The molecule has 1 amide bonds. The van der Waals surface area contributed by atoms with E-state index in [1.54, 1.807) is 6.07 Å². The number of hydrogen-bond donors (Lipinski definition) is 2. The number of benzene rings is 1. The van der Waals surface area contributed by atoms with Gasteiger partial charge in [-0.2, -0.15) is 0 Å². The van der Waals surface area contributed by atoms with E-state index in [4.69, 9.17) is 11.6 Å². The van der Waals surface area contributed by atoms with Crippen molar-refractivity contribution in [3.8, 4) is 5.75 Å². The van der Waals surface area contributed by atoms with Crippen molar-refractivity contribution in [1.82, 2.24) is 10.3 Å². The van der Waals surface area contributed by atoms with E-state index >= 15 is 0 Å². The Morgan fingerprint density at radius 1 is 1.37 bits per heavy atom. The van der Waals surface area contributed by atoms with Gasteiger partial charge in [-0.15, -0.1) is 0 Å². The second-order valence-corrected chi connectivity index (χ2v) is 4.55. The monoisotopic (exact) mass is 276 g/mol. The highest BCUT2D eigenvalue weighted by Crippen LogP contribution is 2.21. The summed E-state index contributed by atoms with van der Waals surface area (Å²) < 4.78 is 0. The van der Waals surface area contributed by atoms with Crippen LogP contribution in [0.2, 0.25) is 5.02 Å². The van der Waals surface area contributed by atoms with Crippen LogP contribution in [0.15, 0.2) is 36.4 Å². The van der Waals surface area contributed by atoms with Crippen molar-refractivity contribution in [2.45, 2.75) is 13.5 Å². The van der Waals surface area contributed by atoms with Crippen LogP contribution in [0.5, 0.6) is 5.75 Å². The number of phenolic OH excluding ortho intramolecular Hbond substituents is 1. The maximum Gasteiger partial charge on any atom is 0.255 e. The molecule has 0 aliphatic heterocycles. The van der Waals surface area contributed by atoms with Crippen molar-refractivity contribution < 1.29 is 9.90 Å². The number of nitrogens with zero attached hydrogens (tertiary/aromatic N) is 1. The third-order valence-corrected chi connectivity index (χ3v) is 2.82. The molecule has 0 aliphatic carbocycles. The van der Waals surface area contributed by atoms with E-state index in [1.807, 2.05) is 25.1 Å². The number of aromatic hydroxyl groups is 1. The van der Waals surface area contributed by atoms with E-state index < -0.39 is 0 Å². The molecule has 1 aromatic carbocycles. The van der Waals surface area contributed by atoms with Crippen molar-refractivity contribution in [1.29, 1.82) is 0 Å². The first-order valence-corrected chi connectivity index (χ1v) is 6.13. The molecule has 0 radical (unpaired) electrons. The maximum atomic E-state index is 11.9. The van der Waals surface area contributed by atoms with Crippen LogP contribution in [0.25, 0.3) is 0 Å². The molecule has 0 aliphatic rings. The third kappa shape index (κ3) is 3.45. The van der Waals surface area contributed by atoms with Crippen molar-refractivity contribution in [2.24, 2.45) is 0 Å². The van der Waals surface area contributed by atoms with Gasteiger partial charge < -0.3 is 10.4 Å². The number of amides is 1. The summed E-state index contributed by atoms with van der Waals surface area (Å²) in [5.74, 6) is -0.500. The molecule has 2 rings (SSSR count). The molecule has 0 spiro atoms. The SMILES string of the molecule is Cc1cccc(CNC(=O)c2ccc(Cl)cc2O)n1. The summed E-state index contributed by atoms with van der Waals surface area (Å²) in [6.07, 6.45) is 0. The van der Waals surface area contributed by atoms with Gasteiger partial charge in [0.2, 0.25) is 0 Å². The van der Waals surface area contributed by atoms with Gasteiger partial charge in [0.25, 0.3) is 5.91 Å². The van der Waals surface area contributed by atoms with Gasteiger partial charge >= 0.3 is 0 Å². The summed E-state index contributed by atoms with van der Waals surface area (Å²) in [5, 5.41) is 12.7. The van der Waals surface area contributed by atoms with E-state index in [-0.39, 0.29) is 17.2 Å². The van der Waals surface area contributed by atoms with Crippen LogP contribution >= 0.6 is 11.6 Å². The minimum absolute atomic E-state index is 0.137. The number of hydrogen-bond acceptors (Lipinski definition) is 3. The Labute approximate surface area is 116 Å². The van der Waals surface area contributed by atoms with Crippen molar-refractivity contribution >= 4 is 17.5 Å². The number of rotatable bonds is 3. The molecule has 2 N–H and O–H groups in total. The molecule has 0 unspecified atom stereocenters. The highest BCUT2D eigenvalue weighted by molar-refractivity contribution is 6.30. The van der Waals surface area contributed by atoms with Crippen molar-refractivity contribution in [2.75, 3.05) is 0 Å². The third-order valence-electron chi connectivity index (χ3n) is 2.58.